The van der Waals surface area contributed by atoms with Crippen LogP contribution in [0.25, 0.3) is 0 Å². The Morgan fingerprint density at radius 3 is 2.78 bits per heavy atom. The monoisotopic (exact) mass is 265 g/mol. The van der Waals surface area contributed by atoms with Crippen molar-refractivity contribution >= 4 is 28.8 Å². The lowest BCUT2D eigenvalue weighted by Crippen LogP contribution is -2.25. The van der Waals surface area contributed by atoms with Gasteiger partial charge >= 0.3 is 0 Å². The van der Waals surface area contributed by atoms with Crippen LogP contribution in [0.3, 0.4) is 0 Å². The van der Waals surface area contributed by atoms with Gasteiger partial charge in [0, 0.05) is 31.9 Å². The van der Waals surface area contributed by atoms with Crippen molar-refractivity contribution in [1.29, 1.82) is 0 Å². The maximum absolute atomic E-state index is 11.9. The third-order valence-corrected chi connectivity index (χ3v) is 2.71. The third-order valence-electron chi connectivity index (χ3n) is 2.51. The molecule has 0 saturated heterocycles. The van der Waals surface area contributed by atoms with Crippen LogP contribution in [0.15, 0.2) is 24.3 Å². The number of hydrogen-bond donors (Lipinski definition) is 2. The van der Waals surface area contributed by atoms with Crippen LogP contribution in [-0.4, -0.2) is 31.5 Å². The van der Waals surface area contributed by atoms with Crippen molar-refractivity contribution in [3.05, 3.63) is 29.8 Å². The second-order valence-corrected chi connectivity index (χ2v) is 4.79. The van der Waals surface area contributed by atoms with Crippen LogP contribution < -0.4 is 16.0 Å². The Kier molecular flexibility index (Phi) is 5.58. The van der Waals surface area contributed by atoms with Gasteiger partial charge in [0.25, 0.3) is 5.91 Å². The molecule has 0 spiro atoms. The summed E-state index contributed by atoms with van der Waals surface area (Å²) >= 11 is 4.77. The van der Waals surface area contributed by atoms with Gasteiger partial charge in [0.2, 0.25) is 0 Å². The molecule has 0 radical (unpaired) electrons. The highest BCUT2D eigenvalue weighted by molar-refractivity contribution is 7.80. The first-order chi connectivity index (χ1) is 8.50. The number of nitrogens with two attached hydrogens (primary N) is 1. The van der Waals surface area contributed by atoms with E-state index in [2.05, 4.69) is 5.32 Å². The Morgan fingerprint density at radius 1 is 1.44 bits per heavy atom. The molecule has 1 aromatic carbocycles. The number of benzene rings is 1. The normalized spacial score (nSPS) is 9.89. The molecule has 4 nitrogen and oxygen atoms in total. The van der Waals surface area contributed by atoms with Gasteiger partial charge in [0.15, 0.2) is 0 Å². The minimum absolute atomic E-state index is 0.0679. The fraction of sp³-hybridized carbons (Fsp3) is 0.385. The number of nitrogens with one attached hydrogen (secondary N) is 1. The molecule has 5 heteroatoms. The van der Waals surface area contributed by atoms with E-state index in [0.717, 1.165) is 12.1 Å². The summed E-state index contributed by atoms with van der Waals surface area (Å²) < 4.78 is 0. The minimum Gasteiger partial charge on any atom is -0.393 e. The Bertz CT molecular complexity index is 432. The third kappa shape index (κ3) is 4.71. The van der Waals surface area contributed by atoms with Gasteiger partial charge in [-0.1, -0.05) is 18.3 Å². The summed E-state index contributed by atoms with van der Waals surface area (Å²) in [7, 11) is 3.89. The van der Waals surface area contributed by atoms with Crippen molar-refractivity contribution in [2.24, 2.45) is 5.73 Å². The molecule has 18 heavy (non-hydrogen) atoms. The lowest BCUT2D eigenvalue weighted by molar-refractivity contribution is 0.0953. The lowest BCUT2D eigenvalue weighted by atomic mass is 10.2. The van der Waals surface area contributed by atoms with Gasteiger partial charge in [-0.2, -0.15) is 0 Å². The first-order valence-electron chi connectivity index (χ1n) is 5.84. The van der Waals surface area contributed by atoms with Gasteiger partial charge in [-0.3, -0.25) is 4.79 Å². The zero-order valence-electron chi connectivity index (χ0n) is 10.8. The van der Waals surface area contributed by atoms with Gasteiger partial charge in [-0.25, -0.2) is 0 Å². The maximum Gasteiger partial charge on any atom is 0.251 e. The second kappa shape index (κ2) is 6.96. The summed E-state index contributed by atoms with van der Waals surface area (Å²) in [5.74, 6) is -0.0679. The van der Waals surface area contributed by atoms with Crippen molar-refractivity contribution < 1.29 is 4.79 Å². The molecule has 0 aliphatic carbocycles. The number of anilines is 1. The van der Waals surface area contributed by atoms with E-state index in [4.69, 9.17) is 18.0 Å². The van der Waals surface area contributed by atoms with Crippen molar-refractivity contribution in [3.8, 4) is 0 Å². The first kappa shape index (κ1) is 14.4. The average molecular weight is 265 g/mol. The molecular formula is C13H19N3OS. The highest BCUT2D eigenvalue weighted by Gasteiger charge is 2.06. The molecule has 0 unspecified atom stereocenters. The van der Waals surface area contributed by atoms with Crippen LogP contribution in [0.4, 0.5) is 5.69 Å². The zero-order valence-corrected chi connectivity index (χ0v) is 11.6. The van der Waals surface area contributed by atoms with Gasteiger partial charge in [-0.15, -0.1) is 0 Å². The molecule has 0 saturated carbocycles. The van der Waals surface area contributed by atoms with Crippen LogP contribution in [0.5, 0.6) is 0 Å². The van der Waals surface area contributed by atoms with Crippen LogP contribution in [0.1, 0.15) is 23.2 Å². The average Bonchev–Trinajstić information content (AvgIpc) is 2.34. The number of rotatable bonds is 6. The summed E-state index contributed by atoms with van der Waals surface area (Å²) in [5.41, 5.74) is 7.06. The highest BCUT2D eigenvalue weighted by atomic mass is 32.1. The predicted octanol–water partition coefficient (Wildman–Crippen LogP) is 1.55. The second-order valence-electron chi connectivity index (χ2n) is 4.27. The molecule has 0 fully saturated rings. The number of amides is 1. The van der Waals surface area contributed by atoms with E-state index in [1.165, 1.54) is 0 Å². The van der Waals surface area contributed by atoms with Crippen LogP contribution in [0.2, 0.25) is 0 Å². The first-order valence-corrected chi connectivity index (χ1v) is 6.25. The molecule has 1 aromatic rings. The van der Waals surface area contributed by atoms with Crippen LogP contribution in [-0.2, 0) is 0 Å². The number of hydrogen-bond acceptors (Lipinski definition) is 3. The molecule has 0 atom stereocenters. The molecule has 1 rings (SSSR count). The Labute approximate surface area is 113 Å². The molecule has 0 heterocycles. The molecule has 1 amide bonds. The summed E-state index contributed by atoms with van der Waals surface area (Å²) in [6.45, 7) is 0.586. The van der Waals surface area contributed by atoms with Crippen molar-refractivity contribution in [1.82, 2.24) is 5.32 Å². The van der Waals surface area contributed by atoms with Crippen molar-refractivity contribution in [2.45, 2.75) is 12.8 Å². The molecule has 0 bridgehead atoms. The number of carbonyl (C=O) groups excluding carboxylic acids is 1. The molecule has 0 aliphatic rings. The number of nitrogens with zero attached hydrogens (tertiary/aromatic N) is 1. The largest absolute Gasteiger partial charge is 0.393 e. The maximum atomic E-state index is 11.9. The predicted molar refractivity (Wildman–Crippen MR) is 79.1 cm³/mol. The summed E-state index contributed by atoms with van der Waals surface area (Å²) in [5, 5.41) is 2.85. The standard InChI is InChI=1S/C13H19N3OS/c1-16(2)11-6-3-5-10(9-11)13(17)15-8-4-7-12(14)18/h3,5-6,9H,4,7-8H2,1-2H3,(H2,14,18)(H,15,17). The quantitative estimate of drug-likeness (QED) is 0.605. The fourth-order valence-corrected chi connectivity index (χ4v) is 1.64. The van der Waals surface area contributed by atoms with Crippen molar-refractivity contribution in [3.63, 3.8) is 0 Å². The van der Waals surface area contributed by atoms with Crippen molar-refractivity contribution in [2.75, 3.05) is 25.5 Å². The van der Waals surface area contributed by atoms with Crippen LogP contribution in [0, 0.1) is 0 Å². The van der Waals surface area contributed by atoms with Gasteiger partial charge in [-0.05, 0) is 31.0 Å². The van der Waals surface area contributed by atoms with Gasteiger partial charge < -0.3 is 16.0 Å². The zero-order chi connectivity index (χ0) is 13.5. The number of thiocarbonyl (C=S) groups is 1. The molecule has 0 aromatic heterocycles. The summed E-state index contributed by atoms with van der Waals surface area (Å²) in [4.78, 5) is 14.3. The van der Waals surface area contributed by atoms with E-state index in [1.807, 2.05) is 37.2 Å². The fourth-order valence-electron chi connectivity index (χ4n) is 1.49. The van der Waals surface area contributed by atoms with Gasteiger partial charge in [0.05, 0.1) is 4.99 Å². The molecule has 0 aliphatic heterocycles. The van der Waals surface area contributed by atoms with E-state index in [0.29, 0.717) is 23.5 Å². The van der Waals surface area contributed by atoms with E-state index < -0.39 is 0 Å². The van der Waals surface area contributed by atoms with E-state index >= 15 is 0 Å². The highest BCUT2D eigenvalue weighted by Crippen LogP contribution is 2.13. The van der Waals surface area contributed by atoms with E-state index in [-0.39, 0.29) is 5.91 Å². The smallest absolute Gasteiger partial charge is 0.251 e. The lowest BCUT2D eigenvalue weighted by Gasteiger charge is -2.13. The van der Waals surface area contributed by atoms with Crippen LogP contribution >= 0.6 is 12.2 Å². The minimum atomic E-state index is -0.0679. The Morgan fingerprint density at radius 2 is 2.17 bits per heavy atom. The summed E-state index contributed by atoms with van der Waals surface area (Å²) in [6, 6.07) is 7.50. The molecular weight excluding hydrogens is 246 g/mol. The summed E-state index contributed by atoms with van der Waals surface area (Å²) in [6.07, 6.45) is 1.43. The van der Waals surface area contributed by atoms with Gasteiger partial charge in [0.1, 0.15) is 0 Å². The molecule has 3 N–H and O–H groups in total. The van der Waals surface area contributed by atoms with E-state index in [9.17, 15) is 4.79 Å². The van der Waals surface area contributed by atoms with E-state index in [1.54, 1.807) is 6.07 Å². The Hall–Kier alpha value is -1.62. The SMILES string of the molecule is CN(C)c1cccc(C(=O)NCCCC(N)=S)c1. The Balaban J connectivity index is 2.51. The molecule has 98 valence electrons. The topological polar surface area (TPSA) is 58.4 Å². The number of carbonyl (C=O) groups is 1.